The van der Waals surface area contributed by atoms with Crippen LogP contribution in [0.2, 0.25) is 0 Å². The number of aliphatic hydroxyl groups excluding tert-OH is 1. The predicted molar refractivity (Wildman–Crippen MR) is 54.0 cm³/mol. The molecule has 2 atom stereocenters. The van der Waals surface area contributed by atoms with Crippen LogP contribution in [0.1, 0.15) is 20.3 Å². The lowest BCUT2D eigenvalue weighted by molar-refractivity contribution is -0.141. The summed E-state index contributed by atoms with van der Waals surface area (Å²) < 4.78 is 0. The van der Waals surface area contributed by atoms with E-state index in [0.717, 1.165) is 0 Å². The number of rotatable bonds is 6. The van der Waals surface area contributed by atoms with Crippen molar-refractivity contribution in [2.24, 2.45) is 5.73 Å². The second-order valence-electron chi connectivity index (χ2n) is 3.79. The Kier molecular flexibility index (Phi) is 5.68. The van der Waals surface area contributed by atoms with Crippen molar-refractivity contribution in [1.29, 1.82) is 0 Å². The molecule has 0 fully saturated rings. The van der Waals surface area contributed by atoms with Gasteiger partial charge in [0.05, 0.1) is 6.10 Å². The lowest BCUT2D eigenvalue weighted by Gasteiger charge is -2.23. The van der Waals surface area contributed by atoms with Gasteiger partial charge in [-0.3, -0.25) is 4.79 Å². The zero-order chi connectivity index (χ0) is 11.3. The highest BCUT2D eigenvalue weighted by Gasteiger charge is 2.21. The summed E-state index contributed by atoms with van der Waals surface area (Å²) in [4.78, 5) is 12.4. The smallest absolute Gasteiger partial charge is 0.323 e. The molecule has 0 aliphatic carbocycles. The normalized spacial score (nSPS) is 15.9. The Hall–Kier alpha value is -0.650. The van der Waals surface area contributed by atoms with Crippen molar-refractivity contribution in [3.8, 4) is 0 Å². The summed E-state index contributed by atoms with van der Waals surface area (Å²) in [7, 11) is 1.92. The fourth-order valence-corrected chi connectivity index (χ4v) is 0.938. The Morgan fingerprint density at radius 3 is 2.36 bits per heavy atom. The highest BCUT2D eigenvalue weighted by molar-refractivity contribution is 5.73. The van der Waals surface area contributed by atoms with E-state index in [1.54, 1.807) is 0 Å². The van der Waals surface area contributed by atoms with Gasteiger partial charge in [-0.2, -0.15) is 0 Å². The first-order valence-electron chi connectivity index (χ1n) is 4.73. The van der Waals surface area contributed by atoms with Crippen LogP contribution in [0.4, 0.5) is 0 Å². The molecule has 0 spiro atoms. The Morgan fingerprint density at radius 1 is 1.50 bits per heavy atom. The summed E-state index contributed by atoms with van der Waals surface area (Å²) in [6, 6.07) is -0.807. The number of aliphatic carboxylic acids is 1. The molecular weight excluding hydrogens is 184 g/mol. The molecule has 0 saturated carbocycles. The van der Waals surface area contributed by atoms with Crippen molar-refractivity contribution in [3.63, 3.8) is 0 Å². The van der Waals surface area contributed by atoms with Crippen LogP contribution in [0.5, 0.6) is 0 Å². The fraction of sp³-hybridized carbons (Fsp3) is 0.889. The molecule has 0 saturated heterocycles. The molecule has 5 heteroatoms. The van der Waals surface area contributed by atoms with E-state index in [1.165, 1.54) is 0 Å². The van der Waals surface area contributed by atoms with E-state index in [-0.39, 0.29) is 0 Å². The van der Waals surface area contributed by atoms with E-state index in [2.05, 4.69) is 0 Å². The first-order chi connectivity index (χ1) is 6.36. The van der Waals surface area contributed by atoms with Gasteiger partial charge in [0.25, 0.3) is 0 Å². The Morgan fingerprint density at radius 2 is 2.00 bits per heavy atom. The summed E-state index contributed by atoms with van der Waals surface area (Å²) in [6.07, 6.45) is -0.601. The molecule has 0 aromatic carbocycles. The van der Waals surface area contributed by atoms with Gasteiger partial charge < -0.3 is 20.8 Å². The van der Waals surface area contributed by atoms with E-state index < -0.39 is 18.1 Å². The number of hydrogen-bond donors (Lipinski definition) is 3. The maximum absolute atomic E-state index is 10.4. The van der Waals surface area contributed by atoms with Crippen LogP contribution in [0.15, 0.2) is 0 Å². The third-order valence-electron chi connectivity index (χ3n) is 2.36. The molecular formula is C9H20N2O3. The molecule has 0 bridgehead atoms. The van der Waals surface area contributed by atoms with Gasteiger partial charge in [-0.25, -0.2) is 0 Å². The quantitative estimate of drug-likeness (QED) is 0.542. The van der Waals surface area contributed by atoms with Gasteiger partial charge in [-0.15, -0.1) is 0 Å². The molecule has 0 radical (unpaired) electrons. The van der Waals surface area contributed by atoms with E-state index in [9.17, 15) is 9.90 Å². The molecule has 0 heterocycles. The van der Waals surface area contributed by atoms with Crippen LogP contribution in [-0.2, 0) is 4.79 Å². The predicted octanol–water partition coefficient (Wildman–Crippen LogP) is -0.510. The van der Waals surface area contributed by atoms with Gasteiger partial charge in [0.15, 0.2) is 0 Å². The van der Waals surface area contributed by atoms with Crippen molar-refractivity contribution in [3.05, 3.63) is 0 Å². The number of carbonyl (C=O) groups is 1. The topological polar surface area (TPSA) is 86.8 Å². The van der Waals surface area contributed by atoms with Crippen molar-refractivity contribution in [2.45, 2.75) is 38.5 Å². The van der Waals surface area contributed by atoms with Crippen LogP contribution >= 0.6 is 0 Å². The lowest BCUT2D eigenvalue weighted by atomic mass is 10.1. The first-order valence-corrected chi connectivity index (χ1v) is 4.73. The van der Waals surface area contributed by atoms with E-state index in [0.29, 0.717) is 19.0 Å². The average molecular weight is 204 g/mol. The minimum absolute atomic E-state index is 0.377. The van der Waals surface area contributed by atoms with Gasteiger partial charge in [0.1, 0.15) is 6.04 Å². The maximum Gasteiger partial charge on any atom is 0.323 e. The highest BCUT2D eigenvalue weighted by atomic mass is 16.4. The zero-order valence-electron chi connectivity index (χ0n) is 8.97. The summed E-state index contributed by atoms with van der Waals surface area (Å²) in [5.74, 6) is -1.16. The van der Waals surface area contributed by atoms with Crippen LogP contribution in [0.25, 0.3) is 0 Å². The van der Waals surface area contributed by atoms with Gasteiger partial charge in [0, 0.05) is 12.6 Å². The monoisotopic (exact) mass is 204 g/mol. The lowest BCUT2D eigenvalue weighted by Crippen LogP contribution is -2.43. The molecule has 0 aliphatic heterocycles. The highest BCUT2D eigenvalue weighted by Crippen LogP contribution is 2.01. The Labute approximate surface area is 84.5 Å². The minimum atomic E-state index is -1.18. The van der Waals surface area contributed by atoms with Gasteiger partial charge in [-0.05, 0) is 27.3 Å². The molecule has 2 unspecified atom stereocenters. The van der Waals surface area contributed by atoms with E-state index in [4.69, 9.17) is 10.8 Å². The van der Waals surface area contributed by atoms with Crippen LogP contribution < -0.4 is 5.73 Å². The molecule has 0 aliphatic rings. The summed E-state index contributed by atoms with van der Waals surface area (Å²) in [5.41, 5.74) is 5.25. The molecule has 5 nitrogen and oxygen atoms in total. The number of aliphatic hydroxyl groups is 1. The standard InChI is InChI=1S/C9H20N2O3/c1-6(2)11(3)5-4-7(12)8(10)9(13)14/h6-8,12H,4-5,10H2,1-3H3,(H,13,14). The minimum Gasteiger partial charge on any atom is -0.480 e. The Balaban J connectivity index is 3.84. The number of nitrogens with two attached hydrogens (primary N) is 1. The second kappa shape index (κ2) is 5.95. The summed E-state index contributed by atoms with van der Waals surface area (Å²) >= 11 is 0. The summed E-state index contributed by atoms with van der Waals surface area (Å²) in [5, 5.41) is 17.9. The van der Waals surface area contributed by atoms with Gasteiger partial charge >= 0.3 is 5.97 Å². The van der Waals surface area contributed by atoms with Gasteiger partial charge in [-0.1, -0.05) is 0 Å². The van der Waals surface area contributed by atoms with Crippen molar-refractivity contribution in [2.75, 3.05) is 13.6 Å². The molecule has 4 N–H and O–H groups in total. The molecule has 14 heavy (non-hydrogen) atoms. The number of hydrogen-bond acceptors (Lipinski definition) is 4. The van der Waals surface area contributed by atoms with Crippen molar-refractivity contribution >= 4 is 5.97 Å². The Bertz CT molecular complexity index is 185. The zero-order valence-corrected chi connectivity index (χ0v) is 8.97. The largest absolute Gasteiger partial charge is 0.480 e. The van der Waals surface area contributed by atoms with Crippen LogP contribution in [0, 0.1) is 0 Å². The van der Waals surface area contributed by atoms with Gasteiger partial charge in [0.2, 0.25) is 0 Å². The molecule has 0 rings (SSSR count). The number of carboxylic acids is 1. The fourth-order valence-electron chi connectivity index (χ4n) is 0.938. The SMILES string of the molecule is CC(C)N(C)CCC(O)C(N)C(=O)O. The molecule has 84 valence electrons. The molecule has 0 amide bonds. The van der Waals surface area contributed by atoms with Crippen molar-refractivity contribution in [1.82, 2.24) is 4.90 Å². The summed E-state index contributed by atoms with van der Waals surface area (Å²) in [6.45, 7) is 4.70. The third-order valence-corrected chi connectivity index (χ3v) is 2.36. The van der Waals surface area contributed by atoms with E-state index in [1.807, 2.05) is 25.8 Å². The van der Waals surface area contributed by atoms with Crippen LogP contribution in [-0.4, -0.2) is 52.9 Å². The molecule has 0 aromatic heterocycles. The first kappa shape index (κ1) is 13.4. The van der Waals surface area contributed by atoms with Crippen molar-refractivity contribution < 1.29 is 15.0 Å². The third kappa shape index (κ3) is 4.55. The number of carboxylic acid groups (broad SMARTS) is 1. The van der Waals surface area contributed by atoms with Crippen LogP contribution in [0.3, 0.4) is 0 Å². The number of nitrogens with zero attached hydrogens (tertiary/aromatic N) is 1. The molecule has 0 aromatic rings. The van der Waals surface area contributed by atoms with E-state index >= 15 is 0 Å². The average Bonchev–Trinajstić information content (AvgIpc) is 2.11. The second-order valence-corrected chi connectivity index (χ2v) is 3.79. The maximum atomic E-state index is 10.4.